The zero-order chi connectivity index (χ0) is 15.5. The average molecular weight is 288 g/mol. The Morgan fingerprint density at radius 3 is 2.57 bits per heavy atom. The van der Waals surface area contributed by atoms with Crippen molar-refractivity contribution in [1.82, 2.24) is 15.5 Å². The molecule has 0 bridgehead atoms. The molecule has 1 amide bonds. The van der Waals surface area contributed by atoms with E-state index in [0.717, 1.165) is 5.56 Å². The highest BCUT2D eigenvalue weighted by Crippen LogP contribution is 2.24. The molecule has 1 aromatic carbocycles. The molecule has 0 aliphatic heterocycles. The molecule has 0 aliphatic carbocycles. The molecule has 0 unspecified atom stereocenters. The van der Waals surface area contributed by atoms with E-state index in [1.54, 1.807) is 19.1 Å². The SMILES string of the molecule is Cc1noc(CCNC(=O)C(C)(C)c2ccc(N)cc2)n1. The van der Waals surface area contributed by atoms with Crippen LogP contribution in [0.3, 0.4) is 0 Å². The van der Waals surface area contributed by atoms with Crippen LogP contribution in [0.4, 0.5) is 5.69 Å². The van der Waals surface area contributed by atoms with E-state index in [-0.39, 0.29) is 5.91 Å². The molecule has 6 heteroatoms. The quantitative estimate of drug-likeness (QED) is 0.815. The number of nitrogens with two attached hydrogens (primary N) is 1. The smallest absolute Gasteiger partial charge is 0.230 e. The summed E-state index contributed by atoms with van der Waals surface area (Å²) in [6.07, 6.45) is 0.518. The Morgan fingerprint density at radius 1 is 1.33 bits per heavy atom. The zero-order valence-corrected chi connectivity index (χ0v) is 12.5. The van der Waals surface area contributed by atoms with E-state index < -0.39 is 5.41 Å². The molecule has 1 heterocycles. The fraction of sp³-hybridized carbons (Fsp3) is 0.400. The van der Waals surface area contributed by atoms with Crippen molar-refractivity contribution in [1.29, 1.82) is 0 Å². The van der Waals surface area contributed by atoms with Crippen molar-refractivity contribution in [2.24, 2.45) is 0 Å². The highest BCUT2D eigenvalue weighted by atomic mass is 16.5. The minimum atomic E-state index is -0.627. The van der Waals surface area contributed by atoms with Gasteiger partial charge in [0.1, 0.15) is 0 Å². The first-order chi connectivity index (χ1) is 9.89. The van der Waals surface area contributed by atoms with E-state index in [0.29, 0.717) is 30.4 Å². The maximum absolute atomic E-state index is 12.3. The third-order valence-electron chi connectivity index (χ3n) is 3.39. The number of nitrogen functional groups attached to an aromatic ring is 1. The molecule has 2 aromatic rings. The fourth-order valence-corrected chi connectivity index (χ4v) is 1.98. The van der Waals surface area contributed by atoms with Crippen molar-refractivity contribution in [3.8, 4) is 0 Å². The summed E-state index contributed by atoms with van der Waals surface area (Å²) in [4.78, 5) is 16.4. The van der Waals surface area contributed by atoms with E-state index in [1.165, 1.54) is 0 Å². The number of hydrogen-bond acceptors (Lipinski definition) is 5. The molecule has 0 saturated heterocycles. The van der Waals surface area contributed by atoms with Gasteiger partial charge in [0.05, 0.1) is 5.41 Å². The number of amides is 1. The van der Waals surface area contributed by atoms with Gasteiger partial charge in [0, 0.05) is 18.7 Å². The van der Waals surface area contributed by atoms with Crippen LogP contribution in [0.5, 0.6) is 0 Å². The van der Waals surface area contributed by atoms with Crippen molar-refractivity contribution >= 4 is 11.6 Å². The Kier molecular flexibility index (Phi) is 4.26. The third kappa shape index (κ3) is 3.59. The lowest BCUT2D eigenvalue weighted by atomic mass is 9.83. The number of benzene rings is 1. The molecular formula is C15H20N4O2. The number of nitrogens with zero attached hydrogens (tertiary/aromatic N) is 2. The number of carbonyl (C=O) groups is 1. The Balaban J connectivity index is 1.93. The summed E-state index contributed by atoms with van der Waals surface area (Å²) in [6, 6.07) is 7.34. The van der Waals surface area contributed by atoms with Gasteiger partial charge >= 0.3 is 0 Å². The first-order valence-corrected chi connectivity index (χ1v) is 6.83. The van der Waals surface area contributed by atoms with Crippen molar-refractivity contribution in [3.05, 3.63) is 41.5 Å². The minimum Gasteiger partial charge on any atom is -0.399 e. The zero-order valence-electron chi connectivity index (χ0n) is 12.5. The molecular weight excluding hydrogens is 268 g/mol. The van der Waals surface area contributed by atoms with Gasteiger partial charge in [0.25, 0.3) is 0 Å². The summed E-state index contributed by atoms with van der Waals surface area (Å²) in [5.74, 6) is 1.07. The molecule has 0 atom stereocenters. The molecule has 6 nitrogen and oxygen atoms in total. The summed E-state index contributed by atoms with van der Waals surface area (Å²) in [5.41, 5.74) is 6.64. The van der Waals surface area contributed by atoms with Crippen LogP contribution in [0.2, 0.25) is 0 Å². The number of aromatic nitrogens is 2. The van der Waals surface area contributed by atoms with Gasteiger partial charge < -0.3 is 15.6 Å². The summed E-state index contributed by atoms with van der Waals surface area (Å²) >= 11 is 0. The fourth-order valence-electron chi connectivity index (χ4n) is 1.98. The van der Waals surface area contributed by atoms with E-state index in [1.807, 2.05) is 26.0 Å². The van der Waals surface area contributed by atoms with E-state index in [2.05, 4.69) is 15.5 Å². The Bertz CT molecular complexity index is 617. The van der Waals surface area contributed by atoms with Crippen LogP contribution in [-0.4, -0.2) is 22.6 Å². The molecule has 0 spiro atoms. The molecule has 1 aromatic heterocycles. The number of nitrogens with one attached hydrogen (secondary N) is 1. The number of carbonyl (C=O) groups excluding carboxylic acids is 1. The normalized spacial score (nSPS) is 11.4. The average Bonchev–Trinajstić information content (AvgIpc) is 2.85. The van der Waals surface area contributed by atoms with Crippen LogP contribution in [0.15, 0.2) is 28.8 Å². The summed E-state index contributed by atoms with van der Waals surface area (Å²) < 4.78 is 5.00. The lowest BCUT2D eigenvalue weighted by molar-refractivity contribution is -0.125. The van der Waals surface area contributed by atoms with E-state index in [4.69, 9.17) is 10.3 Å². The van der Waals surface area contributed by atoms with Gasteiger partial charge in [-0.1, -0.05) is 17.3 Å². The second-order valence-electron chi connectivity index (χ2n) is 5.49. The van der Waals surface area contributed by atoms with Crippen LogP contribution in [0, 0.1) is 6.92 Å². The van der Waals surface area contributed by atoms with Crippen LogP contribution in [0.25, 0.3) is 0 Å². The summed E-state index contributed by atoms with van der Waals surface area (Å²) in [5, 5.41) is 6.60. The van der Waals surface area contributed by atoms with Gasteiger partial charge in [-0.3, -0.25) is 4.79 Å². The molecule has 3 N–H and O–H groups in total. The van der Waals surface area contributed by atoms with Gasteiger partial charge in [-0.05, 0) is 38.5 Å². The molecule has 0 saturated carbocycles. The molecule has 0 fully saturated rings. The second kappa shape index (κ2) is 5.95. The minimum absolute atomic E-state index is 0.0523. The number of hydrogen-bond donors (Lipinski definition) is 2. The molecule has 21 heavy (non-hydrogen) atoms. The first-order valence-electron chi connectivity index (χ1n) is 6.83. The molecule has 2 rings (SSSR count). The standard InChI is InChI=1S/C15H20N4O2/c1-10-18-13(21-19-10)8-9-17-14(20)15(2,3)11-4-6-12(16)7-5-11/h4-7H,8-9,16H2,1-3H3,(H,17,20). The van der Waals surface area contributed by atoms with E-state index in [9.17, 15) is 4.79 Å². The maximum atomic E-state index is 12.3. The second-order valence-corrected chi connectivity index (χ2v) is 5.49. The highest BCUT2D eigenvalue weighted by molar-refractivity contribution is 5.87. The van der Waals surface area contributed by atoms with Gasteiger partial charge in [-0.2, -0.15) is 4.98 Å². The van der Waals surface area contributed by atoms with Crippen molar-refractivity contribution < 1.29 is 9.32 Å². The van der Waals surface area contributed by atoms with Crippen molar-refractivity contribution in [2.45, 2.75) is 32.6 Å². The number of rotatable bonds is 5. The summed E-state index contributed by atoms with van der Waals surface area (Å²) in [7, 11) is 0. The molecule has 0 aliphatic rings. The van der Waals surface area contributed by atoms with Gasteiger partial charge in [-0.15, -0.1) is 0 Å². The topological polar surface area (TPSA) is 94.0 Å². The molecule has 0 radical (unpaired) electrons. The van der Waals surface area contributed by atoms with Gasteiger partial charge in [-0.25, -0.2) is 0 Å². The third-order valence-corrected chi connectivity index (χ3v) is 3.39. The lowest BCUT2D eigenvalue weighted by Gasteiger charge is -2.24. The predicted octanol–water partition coefficient (Wildman–Crippen LogP) is 1.60. The largest absolute Gasteiger partial charge is 0.399 e. The van der Waals surface area contributed by atoms with Crippen LogP contribution in [0.1, 0.15) is 31.1 Å². The van der Waals surface area contributed by atoms with Crippen LogP contribution >= 0.6 is 0 Å². The lowest BCUT2D eigenvalue weighted by Crippen LogP contribution is -2.40. The van der Waals surface area contributed by atoms with E-state index >= 15 is 0 Å². The summed E-state index contributed by atoms with van der Waals surface area (Å²) in [6.45, 7) is 5.98. The van der Waals surface area contributed by atoms with Crippen molar-refractivity contribution in [3.63, 3.8) is 0 Å². The Morgan fingerprint density at radius 2 is 2.00 bits per heavy atom. The Labute approximate surface area is 123 Å². The predicted molar refractivity (Wildman–Crippen MR) is 79.6 cm³/mol. The Hall–Kier alpha value is -2.37. The molecule has 112 valence electrons. The van der Waals surface area contributed by atoms with Gasteiger partial charge in [0.15, 0.2) is 5.82 Å². The van der Waals surface area contributed by atoms with Gasteiger partial charge in [0.2, 0.25) is 11.8 Å². The maximum Gasteiger partial charge on any atom is 0.230 e. The van der Waals surface area contributed by atoms with Crippen molar-refractivity contribution in [2.75, 3.05) is 12.3 Å². The van der Waals surface area contributed by atoms with Crippen LogP contribution < -0.4 is 11.1 Å². The number of anilines is 1. The first kappa shape index (κ1) is 15.0. The highest BCUT2D eigenvalue weighted by Gasteiger charge is 2.29. The number of aryl methyl sites for hydroxylation is 1. The monoisotopic (exact) mass is 288 g/mol. The van der Waals surface area contributed by atoms with Crippen LogP contribution in [-0.2, 0) is 16.6 Å².